The Balaban J connectivity index is 1.50. The van der Waals surface area contributed by atoms with Crippen LogP contribution in [0.3, 0.4) is 0 Å². The summed E-state index contributed by atoms with van der Waals surface area (Å²) in [5, 5.41) is 0.955. The Hall–Kier alpha value is -2.54. The lowest BCUT2D eigenvalue weighted by atomic mass is 9.93. The highest BCUT2D eigenvalue weighted by Crippen LogP contribution is 2.42. The standard InChI is InChI=1S/C26H22Cl2FNO3S/c27-19-9-10-20(29)24-22(19)23(28)25(34-24)26(31)30(18-7-2-1-3-8-18)14-16-5-4-6-17(13-16)21-15-32-11-12-33-21/h4-6,9-13,15,18H,1-3,7-8,14H2. The van der Waals surface area contributed by atoms with E-state index in [2.05, 4.69) is 0 Å². The Morgan fingerprint density at radius 2 is 1.94 bits per heavy atom. The van der Waals surface area contributed by atoms with Gasteiger partial charge in [0.1, 0.15) is 29.5 Å². The maximum atomic E-state index is 14.5. The van der Waals surface area contributed by atoms with Gasteiger partial charge in [0, 0.05) is 23.5 Å². The van der Waals surface area contributed by atoms with Crippen LogP contribution in [0.5, 0.6) is 0 Å². The van der Waals surface area contributed by atoms with Crippen LogP contribution in [0.1, 0.15) is 52.9 Å². The molecule has 3 aromatic rings. The first-order valence-corrected chi connectivity index (χ1v) is 12.7. The molecule has 0 bridgehead atoms. The summed E-state index contributed by atoms with van der Waals surface area (Å²) < 4.78 is 25.6. The molecule has 176 valence electrons. The Kier molecular flexibility index (Phi) is 6.82. The number of rotatable bonds is 5. The smallest absolute Gasteiger partial charge is 0.266 e. The number of carbonyl (C=O) groups is 1. The van der Waals surface area contributed by atoms with Crippen molar-refractivity contribution in [2.24, 2.45) is 0 Å². The van der Waals surface area contributed by atoms with E-state index in [0.717, 1.165) is 54.6 Å². The molecule has 0 saturated heterocycles. The van der Waals surface area contributed by atoms with Crippen molar-refractivity contribution in [1.82, 2.24) is 4.90 Å². The first kappa shape index (κ1) is 23.2. The lowest BCUT2D eigenvalue weighted by Crippen LogP contribution is -2.40. The fourth-order valence-electron chi connectivity index (χ4n) is 4.54. The van der Waals surface area contributed by atoms with Crippen molar-refractivity contribution in [2.45, 2.75) is 44.7 Å². The normalized spacial score (nSPS) is 16.1. The van der Waals surface area contributed by atoms with Gasteiger partial charge in [-0.2, -0.15) is 0 Å². The van der Waals surface area contributed by atoms with Gasteiger partial charge >= 0.3 is 0 Å². The number of thiophene rings is 1. The van der Waals surface area contributed by atoms with Crippen LogP contribution in [0.25, 0.3) is 15.8 Å². The summed E-state index contributed by atoms with van der Waals surface area (Å²) >= 11 is 14.0. The van der Waals surface area contributed by atoms with E-state index >= 15 is 0 Å². The number of hydrogen-bond acceptors (Lipinski definition) is 4. The lowest BCUT2D eigenvalue weighted by Gasteiger charge is -2.34. The SMILES string of the molecule is O=C(c1sc2c(F)ccc(Cl)c2c1Cl)N(Cc1cccc(C2=COC=CO2)c1)C1CCCCC1. The molecular formula is C26H22Cl2FNO3S. The molecule has 5 rings (SSSR count). The van der Waals surface area contributed by atoms with E-state index in [1.54, 1.807) is 6.26 Å². The third-order valence-corrected chi connectivity index (χ3v) is 8.21. The van der Waals surface area contributed by atoms with Gasteiger partial charge in [-0.3, -0.25) is 4.79 Å². The van der Waals surface area contributed by atoms with Gasteiger partial charge in [0.25, 0.3) is 5.91 Å². The lowest BCUT2D eigenvalue weighted by molar-refractivity contribution is 0.0619. The van der Waals surface area contributed by atoms with Crippen LogP contribution in [-0.4, -0.2) is 16.8 Å². The zero-order valence-electron chi connectivity index (χ0n) is 18.2. The second-order valence-corrected chi connectivity index (χ2v) is 10.2. The summed E-state index contributed by atoms with van der Waals surface area (Å²) in [5.74, 6) is -0.0322. The van der Waals surface area contributed by atoms with Crippen LogP contribution in [-0.2, 0) is 16.0 Å². The molecule has 0 atom stereocenters. The molecule has 2 heterocycles. The average Bonchev–Trinajstić information content (AvgIpc) is 3.24. The van der Waals surface area contributed by atoms with Gasteiger partial charge in [0.2, 0.25) is 0 Å². The molecule has 0 radical (unpaired) electrons. The summed E-state index contributed by atoms with van der Waals surface area (Å²) in [6, 6.07) is 10.7. The van der Waals surface area contributed by atoms with Gasteiger partial charge in [-0.15, -0.1) is 11.3 Å². The van der Waals surface area contributed by atoms with Crippen LogP contribution in [0.4, 0.5) is 4.39 Å². The minimum Gasteiger partial charge on any atom is -0.465 e. The van der Waals surface area contributed by atoms with Crippen LogP contribution < -0.4 is 0 Å². The molecule has 1 saturated carbocycles. The Labute approximate surface area is 211 Å². The van der Waals surface area contributed by atoms with Crippen molar-refractivity contribution >= 4 is 56.3 Å². The molecule has 0 N–H and O–H groups in total. The fraction of sp³-hybridized carbons (Fsp3) is 0.269. The summed E-state index contributed by atoms with van der Waals surface area (Å²) in [7, 11) is 0. The number of halogens is 3. The molecule has 1 aliphatic heterocycles. The minimum absolute atomic E-state index is 0.0860. The highest BCUT2D eigenvalue weighted by atomic mass is 35.5. The zero-order chi connectivity index (χ0) is 23.7. The number of carbonyl (C=O) groups excluding carboxylic acids is 1. The third-order valence-electron chi connectivity index (χ3n) is 6.22. The van der Waals surface area contributed by atoms with Gasteiger partial charge in [0.05, 0.1) is 14.7 Å². The van der Waals surface area contributed by atoms with Gasteiger partial charge in [-0.1, -0.05) is 60.7 Å². The summed E-state index contributed by atoms with van der Waals surface area (Å²) in [6.07, 6.45) is 9.63. The molecule has 1 aliphatic carbocycles. The number of hydrogen-bond donors (Lipinski definition) is 0. The first-order valence-electron chi connectivity index (χ1n) is 11.2. The second-order valence-electron chi connectivity index (χ2n) is 8.41. The van der Waals surface area contributed by atoms with Crippen molar-refractivity contribution in [3.8, 4) is 0 Å². The van der Waals surface area contributed by atoms with E-state index in [-0.39, 0.29) is 17.0 Å². The monoisotopic (exact) mass is 517 g/mol. The number of ether oxygens (including phenoxy) is 2. The number of fused-ring (bicyclic) bond motifs is 1. The topological polar surface area (TPSA) is 38.8 Å². The largest absolute Gasteiger partial charge is 0.465 e. The number of amides is 1. The summed E-state index contributed by atoms with van der Waals surface area (Å²) in [4.78, 5) is 16.1. The Bertz CT molecular complexity index is 1300. The van der Waals surface area contributed by atoms with E-state index < -0.39 is 5.82 Å². The predicted octanol–water partition coefficient (Wildman–Crippen LogP) is 8.14. The quantitative estimate of drug-likeness (QED) is 0.342. The van der Waals surface area contributed by atoms with Gasteiger partial charge in [0.15, 0.2) is 5.76 Å². The van der Waals surface area contributed by atoms with Crippen molar-refractivity contribution in [1.29, 1.82) is 0 Å². The fourth-order valence-corrected chi connectivity index (χ4v) is 6.43. The van der Waals surface area contributed by atoms with Crippen molar-refractivity contribution in [3.05, 3.63) is 87.1 Å². The van der Waals surface area contributed by atoms with Crippen LogP contribution in [0.2, 0.25) is 10.0 Å². The van der Waals surface area contributed by atoms with E-state index in [0.29, 0.717) is 32.3 Å². The molecule has 0 unspecified atom stereocenters. The maximum Gasteiger partial charge on any atom is 0.266 e. The molecule has 8 heteroatoms. The molecule has 4 nitrogen and oxygen atoms in total. The van der Waals surface area contributed by atoms with E-state index in [4.69, 9.17) is 32.7 Å². The first-order chi connectivity index (χ1) is 16.5. The molecule has 2 aliphatic rings. The van der Waals surface area contributed by atoms with E-state index in [1.165, 1.54) is 24.7 Å². The Morgan fingerprint density at radius 3 is 2.68 bits per heavy atom. The molecule has 1 aromatic heterocycles. The van der Waals surface area contributed by atoms with Crippen molar-refractivity contribution in [3.63, 3.8) is 0 Å². The molecular weight excluding hydrogens is 496 g/mol. The van der Waals surface area contributed by atoms with E-state index in [1.807, 2.05) is 29.2 Å². The van der Waals surface area contributed by atoms with Crippen molar-refractivity contribution < 1.29 is 18.7 Å². The maximum absolute atomic E-state index is 14.5. The summed E-state index contributed by atoms with van der Waals surface area (Å²) in [6.45, 7) is 0.405. The van der Waals surface area contributed by atoms with Crippen LogP contribution >= 0.6 is 34.5 Å². The van der Waals surface area contributed by atoms with Crippen LogP contribution in [0.15, 0.2) is 55.2 Å². The van der Waals surface area contributed by atoms with Gasteiger partial charge in [-0.05, 0) is 36.6 Å². The molecule has 0 spiro atoms. The summed E-state index contributed by atoms with van der Waals surface area (Å²) in [5.41, 5.74) is 1.81. The Morgan fingerprint density at radius 1 is 1.12 bits per heavy atom. The molecule has 1 fully saturated rings. The average molecular weight is 518 g/mol. The third kappa shape index (κ3) is 4.54. The van der Waals surface area contributed by atoms with Crippen LogP contribution in [0, 0.1) is 5.82 Å². The highest BCUT2D eigenvalue weighted by molar-refractivity contribution is 7.21. The number of nitrogens with zero attached hydrogens (tertiary/aromatic N) is 1. The molecule has 34 heavy (non-hydrogen) atoms. The number of benzene rings is 2. The molecule has 2 aromatic carbocycles. The predicted molar refractivity (Wildman–Crippen MR) is 134 cm³/mol. The minimum atomic E-state index is -0.431. The second kappa shape index (κ2) is 9.98. The van der Waals surface area contributed by atoms with Gasteiger partial charge < -0.3 is 14.4 Å². The van der Waals surface area contributed by atoms with Gasteiger partial charge in [-0.25, -0.2) is 4.39 Å². The van der Waals surface area contributed by atoms with E-state index in [9.17, 15) is 9.18 Å². The van der Waals surface area contributed by atoms with Crippen molar-refractivity contribution in [2.75, 3.05) is 0 Å². The highest BCUT2D eigenvalue weighted by Gasteiger charge is 2.30. The molecule has 1 amide bonds. The zero-order valence-corrected chi connectivity index (χ0v) is 20.6.